The summed E-state index contributed by atoms with van der Waals surface area (Å²) in [6.45, 7) is 6.04. The third-order valence-corrected chi connectivity index (χ3v) is 6.79. The molecule has 0 radical (unpaired) electrons. The van der Waals surface area contributed by atoms with Gasteiger partial charge in [0.05, 0.1) is 5.75 Å². The summed E-state index contributed by atoms with van der Waals surface area (Å²) >= 11 is 1.15. The monoisotopic (exact) mass is 332 g/mol. The van der Waals surface area contributed by atoms with Crippen LogP contribution in [0.5, 0.6) is 0 Å². The van der Waals surface area contributed by atoms with Crippen molar-refractivity contribution in [2.45, 2.75) is 37.6 Å². The first-order valence-corrected chi connectivity index (χ1v) is 9.70. The zero-order valence-corrected chi connectivity index (χ0v) is 14.4. The molecule has 21 heavy (non-hydrogen) atoms. The van der Waals surface area contributed by atoms with E-state index in [4.69, 9.17) is 5.73 Å². The summed E-state index contributed by atoms with van der Waals surface area (Å²) in [4.78, 5) is 2.49. The van der Waals surface area contributed by atoms with Gasteiger partial charge in [-0.25, -0.2) is 8.42 Å². The number of anilines is 2. The van der Waals surface area contributed by atoms with Crippen LogP contribution in [0, 0.1) is 5.92 Å². The number of hydrogen-bond acceptors (Lipinski definition) is 7. The molecule has 0 saturated carbocycles. The molecule has 0 bridgehead atoms. The van der Waals surface area contributed by atoms with Crippen molar-refractivity contribution in [3.63, 3.8) is 0 Å². The first-order chi connectivity index (χ1) is 9.85. The third-order valence-electron chi connectivity index (χ3n) is 3.88. The Bertz CT molecular complexity index is 585. The number of likely N-dealkylation sites (tertiary alicyclic amines) is 1. The maximum absolute atomic E-state index is 12.3. The molecule has 120 valence electrons. The number of nitrogens with two attached hydrogens (primary N) is 1. The molecule has 3 N–H and O–H groups in total. The maximum Gasteiger partial charge on any atom is 0.185 e. The van der Waals surface area contributed by atoms with Crippen LogP contribution in [0.25, 0.3) is 0 Å². The van der Waals surface area contributed by atoms with Gasteiger partial charge in [-0.05, 0) is 43.9 Å². The third kappa shape index (κ3) is 3.67. The second-order valence-electron chi connectivity index (χ2n) is 5.82. The van der Waals surface area contributed by atoms with Crippen molar-refractivity contribution < 1.29 is 8.42 Å². The van der Waals surface area contributed by atoms with Gasteiger partial charge in [-0.15, -0.1) is 0 Å². The van der Waals surface area contributed by atoms with E-state index in [2.05, 4.69) is 28.6 Å². The van der Waals surface area contributed by atoms with E-state index in [1.165, 1.54) is 0 Å². The average molecular weight is 332 g/mol. The lowest BCUT2D eigenvalue weighted by molar-refractivity contribution is 0.206. The van der Waals surface area contributed by atoms with Crippen molar-refractivity contribution in [3.8, 4) is 0 Å². The Balaban J connectivity index is 2.22. The number of sulfone groups is 1. The van der Waals surface area contributed by atoms with Crippen molar-refractivity contribution in [2.24, 2.45) is 5.92 Å². The minimum absolute atomic E-state index is 0.104. The van der Waals surface area contributed by atoms with Crippen LogP contribution < -0.4 is 11.1 Å². The molecule has 2 rings (SSSR count). The Hall–Kier alpha value is -0.860. The molecule has 2 unspecified atom stereocenters. The van der Waals surface area contributed by atoms with E-state index in [-0.39, 0.29) is 22.5 Å². The molecule has 2 atom stereocenters. The lowest BCUT2D eigenvalue weighted by Crippen LogP contribution is -2.43. The molecule has 0 aliphatic carbocycles. The topological polar surface area (TPSA) is 88.3 Å². The Morgan fingerprint density at radius 3 is 2.86 bits per heavy atom. The molecule has 1 aromatic rings. The largest absolute Gasteiger partial charge is 0.382 e. The van der Waals surface area contributed by atoms with E-state index >= 15 is 0 Å². The maximum atomic E-state index is 12.3. The van der Waals surface area contributed by atoms with Gasteiger partial charge in [0.25, 0.3) is 0 Å². The summed E-state index contributed by atoms with van der Waals surface area (Å²) in [6.07, 6.45) is 1.56. The van der Waals surface area contributed by atoms with Crippen molar-refractivity contribution in [1.29, 1.82) is 0 Å². The van der Waals surface area contributed by atoms with Crippen molar-refractivity contribution >= 4 is 32.2 Å². The smallest absolute Gasteiger partial charge is 0.185 e. The predicted octanol–water partition coefficient (Wildman–Crippen LogP) is 1.66. The van der Waals surface area contributed by atoms with Gasteiger partial charge in [-0.1, -0.05) is 13.8 Å². The van der Waals surface area contributed by atoms with Crippen molar-refractivity contribution in [3.05, 3.63) is 0 Å². The summed E-state index contributed by atoms with van der Waals surface area (Å²) in [7, 11) is -1.25. The summed E-state index contributed by atoms with van der Waals surface area (Å²) in [5.41, 5.74) is 5.79. The summed E-state index contributed by atoms with van der Waals surface area (Å²) in [5.74, 6) is 0.679. The molecule has 1 aliphatic rings. The Morgan fingerprint density at radius 2 is 2.24 bits per heavy atom. The van der Waals surface area contributed by atoms with Crippen LogP contribution in [-0.2, 0) is 9.84 Å². The number of piperidine rings is 1. The van der Waals surface area contributed by atoms with E-state index in [0.29, 0.717) is 17.3 Å². The van der Waals surface area contributed by atoms with Gasteiger partial charge in [0, 0.05) is 12.6 Å². The molecular weight excluding hydrogens is 308 g/mol. The first-order valence-electron chi connectivity index (χ1n) is 7.28. The number of rotatable bonds is 5. The van der Waals surface area contributed by atoms with Crippen LogP contribution in [0.3, 0.4) is 0 Å². The van der Waals surface area contributed by atoms with E-state index in [1.54, 1.807) is 0 Å². The second-order valence-corrected chi connectivity index (χ2v) is 8.64. The minimum atomic E-state index is -3.36. The lowest BCUT2D eigenvalue weighted by Gasteiger charge is -2.35. The SMILES string of the molecule is CCCS(=O)(=O)c1c(N)nsc1NC1CCN(C)CC1C. The Morgan fingerprint density at radius 1 is 1.52 bits per heavy atom. The first kappa shape index (κ1) is 16.5. The highest BCUT2D eigenvalue weighted by Gasteiger charge is 2.29. The summed E-state index contributed by atoms with van der Waals surface area (Å²) in [6, 6.07) is 0.261. The molecule has 1 aliphatic heterocycles. The quantitative estimate of drug-likeness (QED) is 0.852. The molecule has 0 amide bonds. The van der Waals surface area contributed by atoms with Gasteiger partial charge >= 0.3 is 0 Å². The fourth-order valence-electron chi connectivity index (χ4n) is 2.79. The zero-order chi connectivity index (χ0) is 15.6. The molecule has 1 saturated heterocycles. The van der Waals surface area contributed by atoms with Crippen LogP contribution in [0.2, 0.25) is 0 Å². The van der Waals surface area contributed by atoms with E-state index in [9.17, 15) is 8.42 Å². The lowest BCUT2D eigenvalue weighted by atomic mass is 9.94. The molecule has 8 heteroatoms. The second kappa shape index (κ2) is 6.50. The van der Waals surface area contributed by atoms with Gasteiger partial charge < -0.3 is 16.0 Å². The van der Waals surface area contributed by atoms with Crippen LogP contribution in [0.15, 0.2) is 4.90 Å². The van der Waals surface area contributed by atoms with Crippen LogP contribution in [0.1, 0.15) is 26.7 Å². The fourth-order valence-corrected chi connectivity index (χ4v) is 5.46. The van der Waals surface area contributed by atoms with Crippen molar-refractivity contribution in [2.75, 3.05) is 36.9 Å². The van der Waals surface area contributed by atoms with Crippen LogP contribution in [-0.4, -0.2) is 49.6 Å². The van der Waals surface area contributed by atoms with Crippen LogP contribution >= 0.6 is 11.5 Å². The highest BCUT2D eigenvalue weighted by Crippen LogP contribution is 2.34. The van der Waals surface area contributed by atoms with Gasteiger partial charge in [-0.2, -0.15) is 4.37 Å². The van der Waals surface area contributed by atoms with Crippen molar-refractivity contribution in [1.82, 2.24) is 9.27 Å². The van der Waals surface area contributed by atoms with Gasteiger partial charge in [0.2, 0.25) is 0 Å². The summed E-state index contributed by atoms with van der Waals surface area (Å²) < 4.78 is 28.7. The molecule has 1 aromatic heterocycles. The van der Waals surface area contributed by atoms with Gasteiger partial charge in [-0.3, -0.25) is 0 Å². The predicted molar refractivity (Wildman–Crippen MR) is 87.6 cm³/mol. The number of nitrogen functional groups attached to an aromatic ring is 1. The number of aromatic nitrogens is 1. The molecule has 0 spiro atoms. The number of nitrogens with zero attached hydrogens (tertiary/aromatic N) is 2. The molecule has 0 aromatic carbocycles. The van der Waals surface area contributed by atoms with E-state index < -0.39 is 9.84 Å². The molecule has 1 fully saturated rings. The highest BCUT2D eigenvalue weighted by molar-refractivity contribution is 7.91. The molecule has 6 nitrogen and oxygen atoms in total. The Labute approximate surface area is 130 Å². The number of nitrogens with one attached hydrogen (secondary N) is 1. The van der Waals surface area contributed by atoms with Gasteiger partial charge in [0.15, 0.2) is 15.7 Å². The minimum Gasteiger partial charge on any atom is -0.382 e. The van der Waals surface area contributed by atoms with E-state index in [1.807, 2.05) is 6.92 Å². The standard InChI is InChI=1S/C13H24N4O2S2/c1-4-7-21(18,19)11-12(14)16-20-13(11)15-10-5-6-17(3)8-9(10)2/h9-10,15H,4-8H2,1-3H3,(H2,14,16). The van der Waals surface area contributed by atoms with E-state index in [0.717, 1.165) is 31.0 Å². The average Bonchev–Trinajstić information content (AvgIpc) is 2.74. The van der Waals surface area contributed by atoms with Crippen LogP contribution in [0.4, 0.5) is 10.8 Å². The fraction of sp³-hybridized carbons (Fsp3) is 0.769. The normalized spacial score (nSPS) is 24.1. The van der Waals surface area contributed by atoms with Gasteiger partial charge in [0.1, 0.15) is 9.90 Å². The molecule has 2 heterocycles. The number of hydrogen-bond donors (Lipinski definition) is 2. The Kier molecular flexibility index (Phi) is 5.11. The zero-order valence-electron chi connectivity index (χ0n) is 12.8. The summed E-state index contributed by atoms with van der Waals surface area (Å²) in [5, 5.41) is 3.97. The highest BCUT2D eigenvalue weighted by atomic mass is 32.2. The molecular formula is C13H24N4O2S2.